The van der Waals surface area contributed by atoms with E-state index in [1.807, 2.05) is 6.07 Å². The number of anilines is 1. The maximum absolute atomic E-state index is 14.4. The summed E-state index contributed by atoms with van der Waals surface area (Å²) in [5.41, 5.74) is -0.718. The summed E-state index contributed by atoms with van der Waals surface area (Å²) in [7, 11) is 1.66. The number of carbonyl (C=O) groups is 1. The lowest BCUT2D eigenvalue weighted by Gasteiger charge is -2.11. The van der Waals surface area contributed by atoms with E-state index >= 15 is 0 Å². The van der Waals surface area contributed by atoms with Crippen LogP contribution in [0.3, 0.4) is 0 Å². The van der Waals surface area contributed by atoms with Crippen molar-refractivity contribution in [3.8, 4) is 23.4 Å². The topological polar surface area (TPSA) is 123 Å². The number of benzene rings is 2. The Labute approximate surface area is 226 Å². The normalized spacial score (nSPS) is 11.3. The number of nitrogens with zero attached hydrogens (tertiary/aromatic N) is 5. The fourth-order valence-corrected chi connectivity index (χ4v) is 4.10. The number of amides is 1. The van der Waals surface area contributed by atoms with E-state index in [4.69, 9.17) is 4.74 Å². The van der Waals surface area contributed by atoms with Crippen LogP contribution >= 0.6 is 0 Å². The van der Waals surface area contributed by atoms with Gasteiger partial charge in [-0.05, 0) is 49.4 Å². The Morgan fingerprint density at radius 1 is 1.02 bits per heavy atom. The molecular formula is C29H21FN6O4. The summed E-state index contributed by atoms with van der Waals surface area (Å²) in [5.74, 6) is -2.12. The van der Waals surface area contributed by atoms with Crippen LogP contribution in [0.25, 0.3) is 17.4 Å². The number of para-hydroxylation sites is 2. The number of carbonyl (C=O) groups excluding carboxylic acids is 1. The van der Waals surface area contributed by atoms with Crippen LogP contribution in [-0.4, -0.2) is 24.7 Å². The lowest BCUT2D eigenvalue weighted by Crippen LogP contribution is -2.24. The van der Waals surface area contributed by atoms with Crippen molar-refractivity contribution in [2.45, 2.75) is 6.92 Å². The second-order valence-corrected chi connectivity index (χ2v) is 8.66. The highest BCUT2D eigenvalue weighted by Crippen LogP contribution is 2.26. The van der Waals surface area contributed by atoms with Crippen molar-refractivity contribution in [1.29, 1.82) is 5.26 Å². The molecule has 5 rings (SSSR count). The minimum atomic E-state index is -0.928. The largest absolute Gasteiger partial charge is 0.435 e. The smallest absolute Gasteiger partial charge is 0.295 e. The molecule has 3 aromatic heterocycles. The van der Waals surface area contributed by atoms with Gasteiger partial charge in [-0.3, -0.25) is 23.5 Å². The molecule has 0 unspecified atom stereocenters. The zero-order chi connectivity index (χ0) is 28.4. The second-order valence-electron chi connectivity index (χ2n) is 8.66. The van der Waals surface area contributed by atoms with Crippen molar-refractivity contribution >= 4 is 23.3 Å². The summed E-state index contributed by atoms with van der Waals surface area (Å²) < 4.78 is 24.1. The molecule has 0 aliphatic heterocycles. The first-order valence-electron chi connectivity index (χ1n) is 12.0. The molecule has 3 heterocycles. The number of hydrogen-bond acceptors (Lipinski definition) is 6. The SMILES string of the molecule is Cc1c(NC(=O)C(C#N)=Cc2c(Oc3ccccc3F)nc3ccccn3c2=O)c(=O)n(-c2ccccc2)n1C. The van der Waals surface area contributed by atoms with Crippen LogP contribution in [0.1, 0.15) is 11.3 Å². The van der Waals surface area contributed by atoms with E-state index < -0.39 is 28.4 Å². The van der Waals surface area contributed by atoms with Gasteiger partial charge in [0.2, 0.25) is 5.88 Å². The molecule has 0 saturated carbocycles. The Kier molecular flexibility index (Phi) is 6.82. The average molecular weight is 537 g/mol. The first-order chi connectivity index (χ1) is 19.3. The number of rotatable bonds is 6. The third-order valence-corrected chi connectivity index (χ3v) is 6.22. The van der Waals surface area contributed by atoms with Gasteiger partial charge >= 0.3 is 0 Å². The van der Waals surface area contributed by atoms with Crippen LogP contribution < -0.4 is 21.2 Å². The van der Waals surface area contributed by atoms with Crippen molar-refractivity contribution in [1.82, 2.24) is 18.7 Å². The number of ether oxygens (including phenoxy) is 1. The van der Waals surface area contributed by atoms with Crippen LogP contribution in [0.15, 0.2) is 94.2 Å². The minimum Gasteiger partial charge on any atom is -0.435 e. The zero-order valence-electron chi connectivity index (χ0n) is 21.3. The summed E-state index contributed by atoms with van der Waals surface area (Å²) in [4.78, 5) is 44.1. The van der Waals surface area contributed by atoms with Gasteiger partial charge in [0, 0.05) is 13.2 Å². The zero-order valence-corrected chi connectivity index (χ0v) is 21.3. The van der Waals surface area contributed by atoms with E-state index in [1.54, 1.807) is 73.3 Å². The summed E-state index contributed by atoms with van der Waals surface area (Å²) in [6, 6.07) is 21.0. The molecule has 0 bridgehead atoms. The summed E-state index contributed by atoms with van der Waals surface area (Å²) in [6.45, 7) is 1.65. The molecule has 40 heavy (non-hydrogen) atoms. The Morgan fingerprint density at radius 3 is 2.45 bits per heavy atom. The van der Waals surface area contributed by atoms with Gasteiger partial charge in [-0.15, -0.1) is 0 Å². The third-order valence-electron chi connectivity index (χ3n) is 6.22. The molecule has 0 aliphatic carbocycles. The summed E-state index contributed by atoms with van der Waals surface area (Å²) in [5, 5.41) is 12.3. The number of aromatic nitrogens is 4. The maximum Gasteiger partial charge on any atom is 0.295 e. The van der Waals surface area contributed by atoms with E-state index in [0.717, 1.165) is 6.08 Å². The molecule has 2 aromatic carbocycles. The Hall–Kier alpha value is -5.76. The molecule has 1 amide bonds. The van der Waals surface area contributed by atoms with Gasteiger partial charge in [0.05, 0.1) is 11.4 Å². The molecule has 0 radical (unpaired) electrons. The molecule has 0 fully saturated rings. The average Bonchev–Trinajstić information content (AvgIpc) is 3.17. The van der Waals surface area contributed by atoms with Crippen molar-refractivity contribution in [3.63, 3.8) is 0 Å². The van der Waals surface area contributed by atoms with Crippen molar-refractivity contribution in [3.05, 3.63) is 122 Å². The first kappa shape index (κ1) is 25.9. The monoisotopic (exact) mass is 536 g/mol. The highest BCUT2D eigenvalue weighted by atomic mass is 19.1. The van der Waals surface area contributed by atoms with E-state index in [2.05, 4.69) is 10.3 Å². The number of halogens is 1. The Morgan fingerprint density at radius 2 is 1.73 bits per heavy atom. The predicted molar refractivity (Wildman–Crippen MR) is 146 cm³/mol. The molecule has 5 aromatic rings. The number of hydrogen-bond donors (Lipinski definition) is 1. The van der Waals surface area contributed by atoms with E-state index in [9.17, 15) is 24.0 Å². The number of pyridine rings is 1. The van der Waals surface area contributed by atoms with Crippen LogP contribution in [0.2, 0.25) is 0 Å². The van der Waals surface area contributed by atoms with E-state index in [-0.39, 0.29) is 28.5 Å². The van der Waals surface area contributed by atoms with Crippen LogP contribution in [0.5, 0.6) is 11.6 Å². The van der Waals surface area contributed by atoms with Crippen LogP contribution in [0, 0.1) is 24.1 Å². The van der Waals surface area contributed by atoms with Gasteiger partial charge in [0.1, 0.15) is 28.5 Å². The number of nitriles is 1. The van der Waals surface area contributed by atoms with Crippen molar-refractivity contribution in [2.75, 3.05) is 5.32 Å². The van der Waals surface area contributed by atoms with E-state index in [1.165, 1.54) is 33.5 Å². The third kappa shape index (κ3) is 4.65. The molecule has 0 aliphatic rings. The highest BCUT2D eigenvalue weighted by molar-refractivity contribution is 6.10. The number of nitrogens with one attached hydrogen (secondary N) is 1. The standard InChI is InChI=1S/C29H21FN6O4/c1-18-25(29(39)36(34(18)2)20-10-4-3-5-11-20)33-26(37)19(17-31)16-21-27(40-23-13-7-6-12-22(23)30)32-24-14-8-9-15-35(24)28(21)38/h3-16H,1-2H3,(H,33,37). The minimum absolute atomic E-state index is 0.0336. The predicted octanol–water partition coefficient (Wildman–Crippen LogP) is 3.97. The number of fused-ring (bicyclic) bond motifs is 1. The quantitative estimate of drug-likeness (QED) is 0.259. The fourth-order valence-electron chi connectivity index (χ4n) is 4.10. The van der Waals surface area contributed by atoms with Gasteiger partial charge in [-0.25, -0.2) is 9.07 Å². The van der Waals surface area contributed by atoms with Gasteiger partial charge in [-0.2, -0.15) is 10.2 Å². The van der Waals surface area contributed by atoms with Crippen molar-refractivity contribution in [2.24, 2.45) is 7.05 Å². The van der Waals surface area contributed by atoms with Crippen molar-refractivity contribution < 1.29 is 13.9 Å². The Balaban J connectivity index is 1.58. The van der Waals surface area contributed by atoms with Gasteiger partial charge in [-0.1, -0.05) is 36.4 Å². The maximum atomic E-state index is 14.4. The van der Waals surface area contributed by atoms with Gasteiger partial charge in [0.15, 0.2) is 11.6 Å². The lowest BCUT2D eigenvalue weighted by molar-refractivity contribution is -0.112. The van der Waals surface area contributed by atoms with Gasteiger partial charge in [0.25, 0.3) is 17.0 Å². The summed E-state index contributed by atoms with van der Waals surface area (Å²) in [6.07, 6.45) is 2.47. The molecule has 11 heteroatoms. The summed E-state index contributed by atoms with van der Waals surface area (Å²) >= 11 is 0. The second kappa shape index (κ2) is 10.5. The molecule has 1 N–H and O–H groups in total. The first-order valence-corrected chi connectivity index (χ1v) is 12.0. The van der Waals surface area contributed by atoms with Crippen LogP contribution in [-0.2, 0) is 11.8 Å². The molecular weight excluding hydrogens is 515 g/mol. The van der Waals surface area contributed by atoms with E-state index in [0.29, 0.717) is 11.4 Å². The fraction of sp³-hybridized carbons (Fsp3) is 0.0690. The Bertz CT molecular complexity index is 1970. The van der Waals surface area contributed by atoms with Gasteiger partial charge < -0.3 is 10.1 Å². The molecule has 0 saturated heterocycles. The highest BCUT2D eigenvalue weighted by Gasteiger charge is 2.22. The molecule has 0 atom stereocenters. The molecule has 198 valence electrons. The molecule has 10 nitrogen and oxygen atoms in total. The molecule has 0 spiro atoms. The van der Waals surface area contributed by atoms with Crippen LogP contribution in [0.4, 0.5) is 10.1 Å². The lowest BCUT2D eigenvalue weighted by atomic mass is 10.1.